The van der Waals surface area contributed by atoms with E-state index in [0.717, 1.165) is 35.8 Å². The van der Waals surface area contributed by atoms with Crippen LogP contribution in [0.4, 0.5) is 0 Å². The number of hydrogen-bond acceptors (Lipinski definition) is 1. The maximum Gasteiger partial charge on any atom is 0.0102 e. The third kappa shape index (κ3) is 1.77. The normalized spacial score (nSPS) is 54.7. The summed E-state index contributed by atoms with van der Waals surface area (Å²) >= 11 is 0. The summed E-state index contributed by atoms with van der Waals surface area (Å²) in [5.41, 5.74) is 0.704. The van der Waals surface area contributed by atoms with Gasteiger partial charge in [-0.3, -0.25) is 0 Å². The van der Waals surface area contributed by atoms with Gasteiger partial charge in [-0.15, -0.1) is 0 Å². The van der Waals surface area contributed by atoms with Crippen molar-refractivity contribution in [3.63, 3.8) is 0 Å². The first kappa shape index (κ1) is 11.8. The summed E-state index contributed by atoms with van der Waals surface area (Å²) in [6.07, 6.45) is 12.2. The molecule has 5 saturated carbocycles. The molecule has 1 heteroatoms. The quantitative estimate of drug-likeness (QED) is 0.792. The lowest BCUT2D eigenvalue weighted by Crippen LogP contribution is -2.55. The molecule has 1 nitrogen and oxygen atoms in total. The van der Waals surface area contributed by atoms with E-state index in [4.69, 9.17) is 0 Å². The van der Waals surface area contributed by atoms with E-state index in [1.54, 1.807) is 38.5 Å². The van der Waals surface area contributed by atoms with Gasteiger partial charge in [0.1, 0.15) is 0 Å². The van der Waals surface area contributed by atoms with Crippen LogP contribution in [0.15, 0.2) is 0 Å². The molecule has 0 aromatic carbocycles. The van der Waals surface area contributed by atoms with Gasteiger partial charge in [0.05, 0.1) is 0 Å². The zero-order valence-electron chi connectivity index (χ0n) is 12.1. The van der Waals surface area contributed by atoms with Crippen molar-refractivity contribution in [2.24, 2.45) is 29.1 Å². The average Bonchev–Trinajstić information content (AvgIpc) is 3.05. The number of nitrogens with one attached hydrogen (secondary N) is 1. The minimum atomic E-state index is 0.704. The number of hydrogen-bond donors (Lipinski definition) is 1. The predicted molar refractivity (Wildman–Crippen MR) is 75.4 cm³/mol. The van der Waals surface area contributed by atoms with Crippen LogP contribution in [-0.4, -0.2) is 12.1 Å². The average molecular weight is 247 g/mol. The summed E-state index contributed by atoms with van der Waals surface area (Å²) in [5, 5.41) is 4.01. The molecule has 3 atom stereocenters. The van der Waals surface area contributed by atoms with E-state index in [2.05, 4.69) is 19.2 Å². The van der Waals surface area contributed by atoms with Crippen molar-refractivity contribution in [3.8, 4) is 0 Å². The molecule has 0 aromatic rings. The Balaban J connectivity index is 1.46. The van der Waals surface area contributed by atoms with E-state index in [9.17, 15) is 0 Å². The van der Waals surface area contributed by atoms with Crippen molar-refractivity contribution in [2.75, 3.05) is 0 Å². The molecule has 102 valence electrons. The van der Waals surface area contributed by atoms with Crippen LogP contribution in [0.5, 0.6) is 0 Å². The maximum atomic E-state index is 4.01. The van der Waals surface area contributed by atoms with Gasteiger partial charge in [-0.2, -0.15) is 0 Å². The molecule has 0 spiro atoms. The molecule has 0 heterocycles. The molecular formula is C17H29N. The second-order valence-corrected chi connectivity index (χ2v) is 8.18. The highest BCUT2D eigenvalue weighted by atomic mass is 15.0. The molecule has 5 aliphatic rings. The topological polar surface area (TPSA) is 12.0 Å². The summed E-state index contributed by atoms with van der Waals surface area (Å²) in [7, 11) is 0. The SMILES string of the molecule is CCC1CC1NC(C)C12CC3CC(CC(C3)C1)C2. The van der Waals surface area contributed by atoms with E-state index < -0.39 is 0 Å². The van der Waals surface area contributed by atoms with E-state index in [0.29, 0.717) is 5.41 Å². The van der Waals surface area contributed by atoms with Crippen LogP contribution >= 0.6 is 0 Å². The minimum absolute atomic E-state index is 0.704. The Morgan fingerprint density at radius 3 is 2.00 bits per heavy atom. The predicted octanol–water partition coefficient (Wildman–Crippen LogP) is 3.98. The van der Waals surface area contributed by atoms with E-state index >= 15 is 0 Å². The molecule has 5 rings (SSSR count). The third-order valence-corrected chi connectivity index (χ3v) is 6.92. The van der Waals surface area contributed by atoms with Crippen LogP contribution in [-0.2, 0) is 0 Å². The fourth-order valence-electron chi connectivity index (χ4n) is 6.11. The first-order valence-electron chi connectivity index (χ1n) is 8.44. The monoisotopic (exact) mass is 247 g/mol. The molecule has 5 fully saturated rings. The summed E-state index contributed by atoms with van der Waals surface area (Å²) in [5.74, 6) is 4.30. The van der Waals surface area contributed by atoms with Gasteiger partial charge in [0.2, 0.25) is 0 Å². The van der Waals surface area contributed by atoms with Crippen molar-refractivity contribution in [1.29, 1.82) is 0 Å². The Kier molecular flexibility index (Phi) is 2.60. The first-order chi connectivity index (χ1) is 8.68. The smallest absolute Gasteiger partial charge is 0.0102 e. The molecule has 3 unspecified atom stereocenters. The van der Waals surface area contributed by atoms with Crippen LogP contribution in [0.3, 0.4) is 0 Å². The summed E-state index contributed by atoms with van der Waals surface area (Å²) in [6, 6.07) is 1.66. The fourth-order valence-corrected chi connectivity index (χ4v) is 6.11. The molecule has 0 aromatic heterocycles. The van der Waals surface area contributed by atoms with E-state index in [1.165, 1.54) is 12.8 Å². The van der Waals surface area contributed by atoms with Gasteiger partial charge in [0.25, 0.3) is 0 Å². The Morgan fingerprint density at radius 2 is 1.56 bits per heavy atom. The summed E-state index contributed by atoms with van der Waals surface area (Å²) in [6.45, 7) is 4.86. The first-order valence-corrected chi connectivity index (χ1v) is 8.44. The fraction of sp³-hybridized carbons (Fsp3) is 1.00. The summed E-state index contributed by atoms with van der Waals surface area (Å²) in [4.78, 5) is 0. The molecule has 0 aliphatic heterocycles. The van der Waals surface area contributed by atoms with E-state index in [-0.39, 0.29) is 0 Å². The molecule has 0 saturated heterocycles. The van der Waals surface area contributed by atoms with Crippen molar-refractivity contribution in [1.82, 2.24) is 5.32 Å². The van der Waals surface area contributed by atoms with Crippen LogP contribution in [0.2, 0.25) is 0 Å². The summed E-state index contributed by atoms with van der Waals surface area (Å²) < 4.78 is 0. The Hall–Kier alpha value is -0.0400. The molecule has 1 N–H and O–H groups in total. The molecule has 5 aliphatic carbocycles. The standard InChI is InChI=1S/C17H29N/c1-3-15-7-16(15)18-11(2)17-8-12-4-13(9-17)6-14(5-12)10-17/h11-16,18H,3-10H2,1-2H3. The molecule has 4 bridgehead atoms. The van der Waals surface area contributed by atoms with Gasteiger partial charge in [-0.05, 0) is 81.0 Å². The van der Waals surface area contributed by atoms with Crippen LogP contribution in [0.1, 0.15) is 65.2 Å². The van der Waals surface area contributed by atoms with Gasteiger partial charge in [0.15, 0.2) is 0 Å². The van der Waals surface area contributed by atoms with Gasteiger partial charge in [-0.25, -0.2) is 0 Å². The van der Waals surface area contributed by atoms with Crippen LogP contribution in [0, 0.1) is 29.1 Å². The van der Waals surface area contributed by atoms with Gasteiger partial charge in [-0.1, -0.05) is 13.3 Å². The lowest BCUT2D eigenvalue weighted by molar-refractivity contribution is -0.0708. The zero-order chi connectivity index (χ0) is 12.3. The molecule has 18 heavy (non-hydrogen) atoms. The Labute approximate surface area is 112 Å². The molecular weight excluding hydrogens is 218 g/mol. The minimum Gasteiger partial charge on any atom is -0.311 e. The second kappa shape index (κ2) is 3.98. The van der Waals surface area contributed by atoms with Gasteiger partial charge in [0, 0.05) is 12.1 Å². The van der Waals surface area contributed by atoms with Crippen LogP contribution < -0.4 is 5.32 Å². The second-order valence-electron chi connectivity index (χ2n) is 8.18. The van der Waals surface area contributed by atoms with Gasteiger partial charge < -0.3 is 5.32 Å². The Bertz CT molecular complexity index is 299. The van der Waals surface area contributed by atoms with Crippen molar-refractivity contribution < 1.29 is 0 Å². The maximum absolute atomic E-state index is 4.01. The van der Waals surface area contributed by atoms with Crippen molar-refractivity contribution >= 4 is 0 Å². The third-order valence-electron chi connectivity index (χ3n) is 6.92. The highest BCUT2D eigenvalue weighted by Gasteiger charge is 2.54. The molecule has 0 radical (unpaired) electrons. The highest BCUT2D eigenvalue weighted by Crippen LogP contribution is 2.61. The lowest BCUT2D eigenvalue weighted by Gasteiger charge is -2.59. The highest BCUT2D eigenvalue weighted by molar-refractivity contribution is 5.07. The van der Waals surface area contributed by atoms with Crippen molar-refractivity contribution in [2.45, 2.75) is 77.3 Å². The zero-order valence-corrected chi connectivity index (χ0v) is 12.1. The van der Waals surface area contributed by atoms with Crippen molar-refractivity contribution in [3.05, 3.63) is 0 Å². The molecule has 0 amide bonds. The van der Waals surface area contributed by atoms with E-state index in [1.807, 2.05) is 0 Å². The lowest BCUT2D eigenvalue weighted by atomic mass is 9.48. The Morgan fingerprint density at radius 1 is 1.00 bits per heavy atom. The largest absolute Gasteiger partial charge is 0.311 e. The van der Waals surface area contributed by atoms with Crippen LogP contribution in [0.25, 0.3) is 0 Å². The van der Waals surface area contributed by atoms with Gasteiger partial charge >= 0.3 is 0 Å². The number of rotatable bonds is 4.